The van der Waals surface area contributed by atoms with Crippen LogP contribution in [-0.4, -0.2) is 29.0 Å². The topological polar surface area (TPSA) is 58.1 Å². The molecule has 0 saturated carbocycles. The molecule has 5 heteroatoms. The number of benzene rings is 1. The molecule has 0 spiro atoms. The maximum Gasteiger partial charge on any atom is 0.251 e. The minimum Gasteiger partial charge on any atom is -0.357 e. The molecule has 2 aromatic rings. The molecule has 1 aromatic carbocycles. The fourth-order valence-electron chi connectivity index (χ4n) is 2.88. The number of aromatic nitrogens is 2. The van der Waals surface area contributed by atoms with Crippen LogP contribution < -0.4 is 10.2 Å². The highest BCUT2D eigenvalue weighted by molar-refractivity contribution is 5.95. The van der Waals surface area contributed by atoms with E-state index in [1.165, 1.54) is 12.8 Å². The number of amides is 1. The molecule has 1 aliphatic heterocycles. The summed E-state index contributed by atoms with van der Waals surface area (Å²) in [7, 11) is 0. The Morgan fingerprint density at radius 1 is 1.17 bits per heavy atom. The number of carbonyl (C=O) groups is 1. The Kier molecular flexibility index (Phi) is 4.55. The zero-order valence-corrected chi connectivity index (χ0v) is 13.7. The second kappa shape index (κ2) is 6.77. The lowest BCUT2D eigenvalue weighted by molar-refractivity contribution is 0.0949. The van der Waals surface area contributed by atoms with Crippen LogP contribution in [0.1, 0.15) is 40.3 Å². The number of carbonyl (C=O) groups excluding carboxylic acids is 1. The Labute approximate surface area is 136 Å². The van der Waals surface area contributed by atoms with Crippen molar-refractivity contribution in [3.63, 3.8) is 0 Å². The van der Waals surface area contributed by atoms with Crippen molar-refractivity contribution in [3.05, 3.63) is 53.0 Å². The van der Waals surface area contributed by atoms with E-state index in [2.05, 4.69) is 20.2 Å². The predicted octanol–water partition coefficient (Wildman–Crippen LogP) is 2.62. The van der Waals surface area contributed by atoms with Gasteiger partial charge in [0.05, 0.1) is 6.54 Å². The molecular formula is C18H22N4O. The molecule has 1 saturated heterocycles. The molecule has 1 aromatic heterocycles. The first-order valence-electron chi connectivity index (χ1n) is 8.07. The summed E-state index contributed by atoms with van der Waals surface area (Å²) in [5.41, 5.74) is 2.59. The summed E-state index contributed by atoms with van der Waals surface area (Å²) in [5, 5.41) is 2.92. The molecule has 0 radical (unpaired) electrons. The van der Waals surface area contributed by atoms with Gasteiger partial charge in [0.1, 0.15) is 11.6 Å². The molecule has 1 fully saturated rings. The zero-order valence-electron chi connectivity index (χ0n) is 13.7. The van der Waals surface area contributed by atoms with Gasteiger partial charge >= 0.3 is 0 Å². The summed E-state index contributed by atoms with van der Waals surface area (Å²) >= 11 is 0. The Hall–Kier alpha value is -2.43. The van der Waals surface area contributed by atoms with Crippen molar-refractivity contribution in [2.24, 2.45) is 0 Å². The van der Waals surface area contributed by atoms with E-state index in [9.17, 15) is 4.79 Å². The average Bonchev–Trinajstić information content (AvgIpc) is 3.07. The maximum absolute atomic E-state index is 12.3. The van der Waals surface area contributed by atoms with Gasteiger partial charge < -0.3 is 10.2 Å². The normalized spacial score (nSPS) is 14.1. The summed E-state index contributed by atoms with van der Waals surface area (Å²) in [5.74, 6) is 1.54. The van der Waals surface area contributed by atoms with Crippen LogP contribution in [0, 0.1) is 13.8 Å². The lowest BCUT2D eigenvalue weighted by Gasteiger charge is -2.17. The highest BCUT2D eigenvalue weighted by Crippen LogP contribution is 2.18. The van der Waals surface area contributed by atoms with E-state index >= 15 is 0 Å². The van der Waals surface area contributed by atoms with Gasteiger partial charge in [-0.25, -0.2) is 9.97 Å². The van der Waals surface area contributed by atoms with Crippen molar-refractivity contribution >= 4 is 11.7 Å². The Balaban J connectivity index is 1.70. The lowest BCUT2D eigenvalue weighted by atomic mass is 10.1. The Morgan fingerprint density at radius 3 is 2.65 bits per heavy atom. The van der Waals surface area contributed by atoms with Crippen LogP contribution in [-0.2, 0) is 6.54 Å². The van der Waals surface area contributed by atoms with E-state index < -0.39 is 0 Å². The monoisotopic (exact) mass is 310 g/mol. The third-order valence-electron chi connectivity index (χ3n) is 4.11. The highest BCUT2D eigenvalue weighted by atomic mass is 16.1. The van der Waals surface area contributed by atoms with Gasteiger partial charge in [-0.1, -0.05) is 18.2 Å². The molecule has 0 aliphatic carbocycles. The van der Waals surface area contributed by atoms with E-state index in [1.54, 1.807) is 0 Å². The quantitative estimate of drug-likeness (QED) is 0.943. The summed E-state index contributed by atoms with van der Waals surface area (Å²) in [6, 6.07) is 9.58. The van der Waals surface area contributed by atoms with Crippen LogP contribution in [0.4, 0.5) is 5.82 Å². The highest BCUT2D eigenvalue weighted by Gasteiger charge is 2.15. The van der Waals surface area contributed by atoms with Gasteiger partial charge in [0.15, 0.2) is 0 Å². The fourth-order valence-corrected chi connectivity index (χ4v) is 2.88. The lowest BCUT2D eigenvalue weighted by Crippen LogP contribution is -2.26. The summed E-state index contributed by atoms with van der Waals surface area (Å²) < 4.78 is 0. The molecule has 0 unspecified atom stereocenters. The van der Waals surface area contributed by atoms with Gasteiger partial charge in [-0.3, -0.25) is 4.79 Å². The Bertz CT molecular complexity index is 708. The molecule has 5 nitrogen and oxygen atoms in total. The van der Waals surface area contributed by atoms with Crippen LogP contribution in [0.25, 0.3) is 0 Å². The molecule has 1 N–H and O–H groups in total. The molecule has 0 atom stereocenters. The number of rotatable bonds is 4. The van der Waals surface area contributed by atoms with Gasteiger partial charge in [0.25, 0.3) is 5.91 Å². The number of hydrogen-bond acceptors (Lipinski definition) is 4. The van der Waals surface area contributed by atoms with Crippen molar-refractivity contribution in [1.82, 2.24) is 15.3 Å². The van der Waals surface area contributed by atoms with Crippen molar-refractivity contribution in [2.75, 3.05) is 18.0 Å². The van der Waals surface area contributed by atoms with E-state index in [0.29, 0.717) is 17.9 Å². The van der Waals surface area contributed by atoms with E-state index in [4.69, 9.17) is 0 Å². The predicted molar refractivity (Wildman–Crippen MR) is 90.6 cm³/mol. The number of anilines is 1. The van der Waals surface area contributed by atoms with Crippen LogP contribution in [0.5, 0.6) is 0 Å². The largest absolute Gasteiger partial charge is 0.357 e. The SMILES string of the molecule is Cc1cc(N2CCCC2)nc(CNC(=O)c2ccccc2C)n1. The molecular weight excluding hydrogens is 288 g/mol. The first-order valence-corrected chi connectivity index (χ1v) is 8.07. The molecule has 3 rings (SSSR count). The minimum absolute atomic E-state index is 0.0871. The fraction of sp³-hybridized carbons (Fsp3) is 0.389. The summed E-state index contributed by atoms with van der Waals surface area (Å²) in [6.07, 6.45) is 2.42. The van der Waals surface area contributed by atoms with Gasteiger partial charge in [-0.2, -0.15) is 0 Å². The van der Waals surface area contributed by atoms with Gasteiger partial charge in [0.2, 0.25) is 0 Å². The van der Waals surface area contributed by atoms with Crippen LogP contribution in [0.3, 0.4) is 0 Å². The summed E-state index contributed by atoms with van der Waals surface area (Å²) in [6.45, 7) is 6.34. The molecule has 0 bridgehead atoms. The second-order valence-corrected chi connectivity index (χ2v) is 5.98. The van der Waals surface area contributed by atoms with Crippen molar-refractivity contribution in [3.8, 4) is 0 Å². The number of nitrogens with one attached hydrogen (secondary N) is 1. The smallest absolute Gasteiger partial charge is 0.251 e. The molecule has 23 heavy (non-hydrogen) atoms. The van der Waals surface area contributed by atoms with E-state index in [0.717, 1.165) is 30.2 Å². The third-order valence-corrected chi connectivity index (χ3v) is 4.11. The number of aryl methyl sites for hydroxylation is 2. The molecule has 120 valence electrons. The molecule has 1 aliphatic rings. The van der Waals surface area contributed by atoms with Crippen molar-refractivity contribution in [2.45, 2.75) is 33.2 Å². The second-order valence-electron chi connectivity index (χ2n) is 5.98. The molecule has 1 amide bonds. The van der Waals surface area contributed by atoms with E-state index in [-0.39, 0.29) is 5.91 Å². The maximum atomic E-state index is 12.3. The first kappa shape index (κ1) is 15.5. The Morgan fingerprint density at radius 2 is 1.91 bits per heavy atom. The number of nitrogens with zero attached hydrogens (tertiary/aromatic N) is 3. The van der Waals surface area contributed by atoms with Crippen molar-refractivity contribution < 1.29 is 4.79 Å². The van der Waals surface area contributed by atoms with Crippen LogP contribution >= 0.6 is 0 Å². The van der Waals surface area contributed by atoms with E-state index in [1.807, 2.05) is 44.2 Å². The van der Waals surface area contributed by atoms with Crippen molar-refractivity contribution in [1.29, 1.82) is 0 Å². The van der Waals surface area contributed by atoms with Gasteiger partial charge in [0, 0.05) is 30.4 Å². The average molecular weight is 310 g/mol. The van der Waals surface area contributed by atoms with Crippen LogP contribution in [0.2, 0.25) is 0 Å². The summed E-state index contributed by atoms with van der Waals surface area (Å²) in [4.78, 5) is 23.6. The zero-order chi connectivity index (χ0) is 16.2. The minimum atomic E-state index is -0.0871. The number of hydrogen-bond donors (Lipinski definition) is 1. The first-order chi connectivity index (χ1) is 11.1. The standard InChI is InChI=1S/C18H22N4O/c1-13-7-3-4-8-15(13)18(23)19-12-16-20-14(2)11-17(21-16)22-9-5-6-10-22/h3-4,7-8,11H,5-6,9-10,12H2,1-2H3,(H,19,23). The third kappa shape index (κ3) is 3.67. The van der Waals surface area contributed by atoms with Gasteiger partial charge in [-0.15, -0.1) is 0 Å². The molecule has 2 heterocycles. The van der Waals surface area contributed by atoms with Crippen LogP contribution in [0.15, 0.2) is 30.3 Å². The van der Waals surface area contributed by atoms with Gasteiger partial charge in [-0.05, 0) is 38.3 Å².